The van der Waals surface area contributed by atoms with Crippen LogP contribution in [0.1, 0.15) is 30.2 Å². The van der Waals surface area contributed by atoms with Gasteiger partial charge in [-0.15, -0.1) is 0 Å². The Morgan fingerprint density at radius 2 is 2.08 bits per heavy atom. The number of amides is 1. The largest absolute Gasteiger partial charge is 0.358 e. The zero-order valence-corrected chi connectivity index (χ0v) is 13.8. The Hall–Kier alpha value is -2.69. The number of pyridine rings is 1. The maximum atomic E-state index is 13.5. The first kappa shape index (κ1) is 16.2. The summed E-state index contributed by atoms with van der Waals surface area (Å²) in [5.41, 5.74) is 5.16. The number of carbonyl (C=O) groups excluding carboxylic acids is 1. The molecule has 0 bridgehead atoms. The van der Waals surface area contributed by atoms with Gasteiger partial charge < -0.3 is 10.6 Å². The number of carbonyl (C=O) groups is 1. The van der Waals surface area contributed by atoms with E-state index in [1.54, 1.807) is 6.20 Å². The molecular formula is C19H20FN3O. The highest BCUT2D eigenvalue weighted by molar-refractivity contribution is 5.95. The predicted octanol–water partition coefficient (Wildman–Crippen LogP) is 3.33. The molecular weight excluding hydrogens is 305 g/mol. The van der Waals surface area contributed by atoms with E-state index in [9.17, 15) is 9.18 Å². The summed E-state index contributed by atoms with van der Waals surface area (Å²) in [6, 6.07) is 8.81. The van der Waals surface area contributed by atoms with Crippen molar-refractivity contribution in [1.82, 2.24) is 10.3 Å². The number of hydrogen-bond donors (Lipinski definition) is 2. The number of benzene rings is 1. The highest BCUT2D eigenvalue weighted by Crippen LogP contribution is 2.19. The van der Waals surface area contributed by atoms with E-state index in [1.807, 2.05) is 32.0 Å². The van der Waals surface area contributed by atoms with Gasteiger partial charge in [-0.25, -0.2) is 4.39 Å². The van der Waals surface area contributed by atoms with Gasteiger partial charge in [-0.3, -0.25) is 9.78 Å². The van der Waals surface area contributed by atoms with Crippen molar-refractivity contribution in [3.63, 3.8) is 0 Å². The van der Waals surface area contributed by atoms with Crippen LogP contribution in [0.4, 0.5) is 10.1 Å². The monoisotopic (exact) mass is 325 g/mol. The average Bonchev–Trinajstić information content (AvgIpc) is 2.51. The number of aryl methyl sites for hydroxylation is 1. The van der Waals surface area contributed by atoms with Crippen molar-refractivity contribution in [3.8, 4) is 0 Å². The van der Waals surface area contributed by atoms with Crippen LogP contribution in [-0.2, 0) is 11.2 Å². The molecule has 1 amide bonds. The number of nitrogens with zero attached hydrogens (tertiary/aromatic N) is 1. The molecule has 5 heteroatoms. The molecule has 1 aromatic heterocycles. The zero-order valence-electron chi connectivity index (χ0n) is 13.8. The molecule has 0 atom stereocenters. The molecule has 0 aliphatic carbocycles. The molecule has 1 aliphatic heterocycles. The molecule has 0 spiro atoms. The van der Waals surface area contributed by atoms with Crippen LogP contribution in [-0.4, -0.2) is 17.4 Å². The van der Waals surface area contributed by atoms with E-state index in [0.29, 0.717) is 18.5 Å². The van der Waals surface area contributed by atoms with Gasteiger partial charge in [0.15, 0.2) is 0 Å². The molecule has 24 heavy (non-hydrogen) atoms. The quantitative estimate of drug-likeness (QED) is 0.906. The Kier molecular flexibility index (Phi) is 4.60. The first-order valence-electron chi connectivity index (χ1n) is 7.97. The molecule has 2 N–H and O–H groups in total. The third kappa shape index (κ3) is 3.79. The summed E-state index contributed by atoms with van der Waals surface area (Å²) >= 11 is 0. The van der Waals surface area contributed by atoms with Crippen LogP contribution in [0.2, 0.25) is 0 Å². The number of hydrogen-bond acceptors (Lipinski definition) is 3. The Morgan fingerprint density at radius 3 is 2.88 bits per heavy atom. The van der Waals surface area contributed by atoms with Crippen molar-refractivity contribution in [2.45, 2.75) is 26.7 Å². The molecule has 3 rings (SSSR count). The van der Waals surface area contributed by atoms with Crippen molar-refractivity contribution in [2.24, 2.45) is 0 Å². The van der Waals surface area contributed by atoms with Crippen LogP contribution in [0.25, 0.3) is 0 Å². The van der Waals surface area contributed by atoms with E-state index in [0.717, 1.165) is 34.6 Å². The fourth-order valence-electron chi connectivity index (χ4n) is 2.86. The fraction of sp³-hybridized carbons (Fsp3) is 0.263. The van der Waals surface area contributed by atoms with Crippen LogP contribution >= 0.6 is 0 Å². The van der Waals surface area contributed by atoms with Gasteiger partial charge in [0, 0.05) is 48.2 Å². The fourth-order valence-corrected chi connectivity index (χ4v) is 2.86. The minimum atomic E-state index is -0.228. The molecule has 0 radical (unpaired) electrons. The highest BCUT2D eigenvalue weighted by Gasteiger charge is 2.16. The number of rotatable bonds is 4. The van der Waals surface area contributed by atoms with Gasteiger partial charge >= 0.3 is 0 Å². The maximum Gasteiger partial charge on any atom is 0.248 e. The zero-order chi connectivity index (χ0) is 17.1. The predicted molar refractivity (Wildman–Crippen MR) is 92.1 cm³/mol. The van der Waals surface area contributed by atoms with Gasteiger partial charge in [0.25, 0.3) is 0 Å². The van der Waals surface area contributed by atoms with Gasteiger partial charge in [-0.1, -0.05) is 6.07 Å². The van der Waals surface area contributed by atoms with Crippen LogP contribution < -0.4 is 10.6 Å². The van der Waals surface area contributed by atoms with Crippen LogP contribution in [0.15, 0.2) is 47.8 Å². The Labute approximate surface area is 140 Å². The molecule has 2 aromatic rings. The minimum Gasteiger partial charge on any atom is -0.358 e. The summed E-state index contributed by atoms with van der Waals surface area (Å²) in [6.45, 7) is 4.33. The molecule has 1 aromatic carbocycles. The van der Waals surface area contributed by atoms with Gasteiger partial charge in [0.1, 0.15) is 5.82 Å². The van der Waals surface area contributed by atoms with Gasteiger partial charge in [0.2, 0.25) is 5.91 Å². The standard InChI is InChI=1S/C19H20FN3O/c1-12-7-14(9-15(20)8-12)10-17-11-16(3-5-21-17)23-18-4-6-22-19(24)13(18)2/h3,5,7-9,11H,4,6,10H2,1-2H3,(H,21,23)(H,22,24). The highest BCUT2D eigenvalue weighted by atomic mass is 19.1. The van der Waals surface area contributed by atoms with E-state index in [1.165, 1.54) is 12.1 Å². The van der Waals surface area contributed by atoms with E-state index in [4.69, 9.17) is 0 Å². The van der Waals surface area contributed by atoms with Crippen molar-refractivity contribution < 1.29 is 9.18 Å². The Morgan fingerprint density at radius 1 is 1.25 bits per heavy atom. The topological polar surface area (TPSA) is 54.0 Å². The summed E-state index contributed by atoms with van der Waals surface area (Å²) in [7, 11) is 0. The number of anilines is 1. The average molecular weight is 325 g/mol. The van der Waals surface area contributed by atoms with Crippen LogP contribution in [0, 0.1) is 12.7 Å². The lowest BCUT2D eigenvalue weighted by Gasteiger charge is -2.20. The van der Waals surface area contributed by atoms with E-state index >= 15 is 0 Å². The molecule has 0 saturated carbocycles. The normalized spacial score (nSPS) is 14.5. The second kappa shape index (κ2) is 6.83. The molecule has 4 nitrogen and oxygen atoms in total. The lowest BCUT2D eigenvalue weighted by atomic mass is 10.1. The van der Waals surface area contributed by atoms with Gasteiger partial charge in [0.05, 0.1) is 0 Å². The van der Waals surface area contributed by atoms with E-state index < -0.39 is 0 Å². The van der Waals surface area contributed by atoms with Crippen LogP contribution in [0.3, 0.4) is 0 Å². The second-order valence-electron chi connectivity index (χ2n) is 6.08. The lowest BCUT2D eigenvalue weighted by molar-refractivity contribution is -0.117. The van der Waals surface area contributed by atoms with Crippen LogP contribution in [0.5, 0.6) is 0 Å². The minimum absolute atomic E-state index is 0.0340. The summed E-state index contributed by atoms with van der Waals surface area (Å²) in [6.07, 6.45) is 3.06. The number of halogens is 1. The third-order valence-electron chi connectivity index (χ3n) is 4.05. The summed E-state index contributed by atoms with van der Waals surface area (Å²) in [5, 5.41) is 6.13. The number of aromatic nitrogens is 1. The van der Waals surface area contributed by atoms with Gasteiger partial charge in [-0.05, 0) is 49.2 Å². The Bertz CT molecular complexity index is 794. The lowest BCUT2D eigenvalue weighted by Crippen LogP contribution is -2.32. The Balaban J connectivity index is 1.79. The molecule has 1 aliphatic rings. The second-order valence-corrected chi connectivity index (χ2v) is 6.08. The SMILES string of the molecule is CC1=C(Nc2ccnc(Cc3cc(C)cc(F)c3)c2)CCNC1=O. The smallest absolute Gasteiger partial charge is 0.248 e. The third-order valence-corrected chi connectivity index (χ3v) is 4.05. The molecule has 124 valence electrons. The molecule has 2 heterocycles. The molecule has 0 unspecified atom stereocenters. The van der Waals surface area contributed by atoms with E-state index in [-0.39, 0.29) is 11.7 Å². The maximum absolute atomic E-state index is 13.5. The molecule has 0 saturated heterocycles. The summed E-state index contributed by atoms with van der Waals surface area (Å²) in [4.78, 5) is 16.1. The van der Waals surface area contributed by atoms with Gasteiger partial charge in [-0.2, -0.15) is 0 Å². The van der Waals surface area contributed by atoms with Crippen molar-refractivity contribution in [3.05, 3.63) is 70.4 Å². The first-order chi connectivity index (χ1) is 11.5. The first-order valence-corrected chi connectivity index (χ1v) is 7.97. The molecule has 0 fully saturated rings. The van der Waals surface area contributed by atoms with Crippen molar-refractivity contribution in [1.29, 1.82) is 0 Å². The number of nitrogens with one attached hydrogen (secondary N) is 2. The summed E-state index contributed by atoms with van der Waals surface area (Å²) in [5.74, 6) is -0.262. The van der Waals surface area contributed by atoms with Crippen molar-refractivity contribution >= 4 is 11.6 Å². The van der Waals surface area contributed by atoms with Crippen molar-refractivity contribution in [2.75, 3.05) is 11.9 Å². The summed E-state index contributed by atoms with van der Waals surface area (Å²) < 4.78 is 13.5. The van der Waals surface area contributed by atoms with E-state index in [2.05, 4.69) is 15.6 Å².